The number of amides is 2. The van der Waals surface area contributed by atoms with E-state index >= 15 is 0 Å². The smallest absolute Gasteiger partial charge is 0.243 e. The third kappa shape index (κ3) is 5.95. The van der Waals surface area contributed by atoms with E-state index in [9.17, 15) is 14.0 Å². The fourth-order valence-electron chi connectivity index (χ4n) is 2.50. The molecule has 0 radical (unpaired) electrons. The van der Waals surface area contributed by atoms with Gasteiger partial charge >= 0.3 is 0 Å². The van der Waals surface area contributed by atoms with Crippen LogP contribution in [0.3, 0.4) is 0 Å². The van der Waals surface area contributed by atoms with Crippen LogP contribution >= 0.6 is 0 Å². The fourth-order valence-corrected chi connectivity index (χ4v) is 2.50. The van der Waals surface area contributed by atoms with Gasteiger partial charge in [0.2, 0.25) is 11.8 Å². The summed E-state index contributed by atoms with van der Waals surface area (Å²) >= 11 is 0. The molecule has 0 saturated heterocycles. The molecule has 1 aromatic carbocycles. The zero-order chi connectivity index (χ0) is 18.1. The lowest BCUT2D eigenvalue weighted by Crippen LogP contribution is -2.50. The van der Waals surface area contributed by atoms with Gasteiger partial charge < -0.3 is 10.2 Å². The first-order chi connectivity index (χ1) is 11.4. The van der Waals surface area contributed by atoms with Crippen LogP contribution in [0.25, 0.3) is 0 Å². The number of carbonyl (C=O) groups excluding carboxylic acids is 2. The van der Waals surface area contributed by atoms with Crippen molar-refractivity contribution in [2.75, 3.05) is 0 Å². The Morgan fingerprint density at radius 1 is 1.12 bits per heavy atom. The number of hydrogen-bond acceptors (Lipinski definition) is 2. The molecular weight excluding hydrogens is 307 g/mol. The normalized spacial score (nSPS) is 13.2. The van der Waals surface area contributed by atoms with Gasteiger partial charge in [0.25, 0.3) is 0 Å². The van der Waals surface area contributed by atoms with Crippen LogP contribution in [0.2, 0.25) is 0 Å². The van der Waals surface area contributed by atoms with Crippen molar-refractivity contribution in [1.29, 1.82) is 0 Å². The fraction of sp³-hybridized carbons (Fsp3) is 0.579. The number of halogens is 1. The Balaban J connectivity index is 2.98. The summed E-state index contributed by atoms with van der Waals surface area (Å²) in [7, 11) is 0. The summed E-state index contributed by atoms with van der Waals surface area (Å²) in [4.78, 5) is 26.7. The minimum atomic E-state index is -0.511. The third-order valence-electron chi connectivity index (χ3n) is 4.12. The van der Waals surface area contributed by atoms with Gasteiger partial charge in [-0.2, -0.15) is 0 Å². The minimum Gasteiger partial charge on any atom is -0.352 e. The molecule has 0 spiro atoms. The molecule has 1 rings (SSSR count). The molecule has 0 aliphatic carbocycles. The molecule has 1 N–H and O–H groups in total. The Labute approximate surface area is 144 Å². The Kier molecular flexibility index (Phi) is 8.44. The molecule has 24 heavy (non-hydrogen) atoms. The number of nitrogens with one attached hydrogen (secondary N) is 1. The van der Waals surface area contributed by atoms with E-state index in [1.54, 1.807) is 17.0 Å². The van der Waals surface area contributed by atoms with Crippen LogP contribution in [-0.4, -0.2) is 28.8 Å². The number of benzene rings is 1. The Morgan fingerprint density at radius 2 is 1.75 bits per heavy atom. The van der Waals surface area contributed by atoms with Crippen LogP contribution in [0.5, 0.6) is 0 Å². The zero-order valence-electron chi connectivity index (χ0n) is 15.1. The second kappa shape index (κ2) is 10.1. The maximum Gasteiger partial charge on any atom is 0.243 e. The lowest BCUT2D eigenvalue weighted by molar-refractivity contribution is -0.141. The molecule has 4 nitrogen and oxygen atoms in total. The van der Waals surface area contributed by atoms with E-state index < -0.39 is 6.04 Å². The van der Waals surface area contributed by atoms with E-state index in [2.05, 4.69) is 5.32 Å². The van der Waals surface area contributed by atoms with Gasteiger partial charge in [0.05, 0.1) is 0 Å². The molecule has 0 aliphatic rings. The molecule has 2 amide bonds. The molecule has 0 fully saturated rings. The number of nitrogens with zero attached hydrogens (tertiary/aromatic N) is 1. The van der Waals surface area contributed by atoms with Crippen LogP contribution in [0.15, 0.2) is 24.3 Å². The van der Waals surface area contributed by atoms with Crippen LogP contribution in [0.1, 0.15) is 58.9 Å². The summed E-state index contributed by atoms with van der Waals surface area (Å²) in [5, 5.41) is 2.96. The molecule has 1 aromatic rings. The third-order valence-corrected chi connectivity index (χ3v) is 4.12. The van der Waals surface area contributed by atoms with Crippen molar-refractivity contribution in [3.05, 3.63) is 35.6 Å². The highest BCUT2D eigenvalue weighted by atomic mass is 19.1. The molecule has 0 bridgehead atoms. The summed E-state index contributed by atoms with van der Waals surface area (Å²) in [6.45, 7) is 8.10. The van der Waals surface area contributed by atoms with Gasteiger partial charge in [0, 0.05) is 19.0 Å². The van der Waals surface area contributed by atoms with Crippen LogP contribution < -0.4 is 5.32 Å². The number of carbonyl (C=O) groups is 2. The molecule has 134 valence electrons. The van der Waals surface area contributed by atoms with Crippen LogP contribution in [0, 0.1) is 5.82 Å². The van der Waals surface area contributed by atoms with E-state index in [0.717, 1.165) is 18.4 Å². The van der Waals surface area contributed by atoms with Crippen molar-refractivity contribution in [1.82, 2.24) is 10.2 Å². The van der Waals surface area contributed by atoms with Crippen molar-refractivity contribution in [3.8, 4) is 0 Å². The topological polar surface area (TPSA) is 49.4 Å². The molecule has 2 atom stereocenters. The van der Waals surface area contributed by atoms with E-state index in [-0.39, 0.29) is 23.7 Å². The largest absolute Gasteiger partial charge is 0.352 e. The molecule has 0 aromatic heterocycles. The van der Waals surface area contributed by atoms with Crippen molar-refractivity contribution in [3.63, 3.8) is 0 Å². The van der Waals surface area contributed by atoms with Gasteiger partial charge in [-0.1, -0.05) is 32.9 Å². The van der Waals surface area contributed by atoms with Crippen molar-refractivity contribution < 1.29 is 14.0 Å². The molecule has 0 saturated carbocycles. The highest BCUT2D eigenvalue weighted by molar-refractivity contribution is 5.87. The van der Waals surface area contributed by atoms with Gasteiger partial charge in [-0.15, -0.1) is 0 Å². The standard InChI is InChI=1S/C19H29FN2O2/c1-5-8-18(23)22(13-15-9-11-16(20)12-10-15)17(7-3)19(24)21-14(4)6-2/h9-12,14,17H,5-8,13H2,1-4H3,(H,21,24)/t14-,17+/m0/s1. The summed E-state index contributed by atoms with van der Waals surface area (Å²) in [6.07, 6.45) is 2.50. The zero-order valence-corrected chi connectivity index (χ0v) is 15.1. The maximum atomic E-state index is 13.1. The summed E-state index contributed by atoms with van der Waals surface area (Å²) in [5.74, 6) is -0.488. The van der Waals surface area contributed by atoms with Gasteiger partial charge in [0.1, 0.15) is 11.9 Å². The van der Waals surface area contributed by atoms with Gasteiger partial charge in [-0.3, -0.25) is 9.59 Å². The molecule has 0 unspecified atom stereocenters. The lowest BCUT2D eigenvalue weighted by Gasteiger charge is -2.31. The second-order valence-corrected chi connectivity index (χ2v) is 6.14. The van der Waals surface area contributed by atoms with Crippen molar-refractivity contribution in [2.45, 2.75) is 72.0 Å². The number of hydrogen-bond donors (Lipinski definition) is 1. The predicted octanol–water partition coefficient (Wildman–Crippen LogP) is 3.65. The van der Waals surface area contributed by atoms with E-state index in [1.807, 2.05) is 27.7 Å². The SMILES string of the molecule is CCCC(=O)N(Cc1ccc(F)cc1)[C@H](CC)C(=O)N[C@@H](C)CC. The maximum absolute atomic E-state index is 13.1. The predicted molar refractivity (Wildman–Crippen MR) is 93.8 cm³/mol. The van der Waals surface area contributed by atoms with Crippen molar-refractivity contribution in [2.24, 2.45) is 0 Å². The highest BCUT2D eigenvalue weighted by Gasteiger charge is 2.28. The molecule has 0 aliphatic heterocycles. The molecule has 0 heterocycles. The Bertz CT molecular complexity index is 531. The van der Waals surface area contributed by atoms with Crippen LogP contribution in [-0.2, 0) is 16.1 Å². The Morgan fingerprint density at radius 3 is 2.25 bits per heavy atom. The summed E-state index contributed by atoms with van der Waals surface area (Å²) in [5.41, 5.74) is 0.815. The quantitative estimate of drug-likeness (QED) is 0.748. The average molecular weight is 336 g/mol. The minimum absolute atomic E-state index is 0.0482. The lowest BCUT2D eigenvalue weighted by atomic mass is 10.1. The second-order valence-electron chi connectivity index (χ2n) is 6.14. The first-order valence-corrected chi connectivity index (χ1v) is 8.77. The highest BCUT2D eigenvalue weighted by Crippen LogP contribution is 2.15. The van der Waals surface area contributed by atoms with Gasteiger partial charge in [-0.25, -0.2) is 4.39 Å². The average Bonchev–Trinajstić information content (AvgIpc) is 2.56. The first kappa shape index (κ1) is 20.1. The van der Waals surface area contributed by atoms with Crippen LogP contribution in [0.4, 0.5) is 4.39 Å². The molecule has 5 heteroatoms. The van der Waals surface area contributed by atoms with Gasteiger partial charge in [0.15, 0.2) is 0 Å². The Hall–Kier alpha value is -1.91. The van der Waals surface area contributed by atoms with Crippen molar-refractivity contribution >= 4 is 11.8 Å². The first-order valence-electron chi connectivity index (χ1n) is 8.77. The molecular formula is C19H29FN2O2. The van der Waals surface area contributed by atoms with Gasteiger partial charge in [-0.05, 0) is 43.9 Å². The number of rotatable bonds is 9. The van der Waals surface area contributed by atoms with E-state index in [1.165, 1.54) is 12.1 Å². The van der Waals surface area contributed by atoms with E-state index in [4.69, 9.17) is 0 Å². The monoisotopic (exact) mass is 336 g/mol. The van der Waals surface area contributed by atoms with E-state index in [0.29, 0.717) is 19.4 Å². The summed E-state index contributed by atoms with van der Waals surface area (Å²) < 4.78 is 13.1. The summed E-state index contributed by atoms with van der Waals surface area (Å²) in [6, 6.07) is 5.61.